The zero-order chi connectivity index (χ0) is 14.7. The van der Waals surface area contributed by atoms with Crippen molar-refractivity contribution in [3.8, 4) is 5.75 Å². The first-order chi connectivity index (χ1) is 9.49. The third kappa shape index (κ3) is 3.23. The van der Waals surface area contributed by atoms with Crippen LogP contribution in [0.3, 0.4) is 0 Å². The average Bonchev–Trinajstić information content (AvgIpc) is 2.36. The molecule has 0 saturated carbocycles. The van der Waals surface area contributed by atoms with E-state index in [0.717, 1.165) is 16.7 Å². The molecule has 2 rings (SSSR count). The fourth-order valence-corrected chi connectivity index (χ4v) is 2.30. The van der Waals surface area contributed by atoms with Crippen LogP contribution in [0.15, 0.2) is 36.4 Å². The van der Waals surface area contributed by atoms with Crippen molar-refractivity contribution in [1.29, 1.82) is 0 Å². The molecular weight excluding hydrogens is 255 g/mol. The second kappa shape index (κ2) is 5.87. The summed E-state index contributed by atoms with van der Waals surface area (Å²) in [6.07, 6.45) is 0.200. The van der Waals surface area contributed by atoms with E-state index in [2.05, 4.69) is 0 Å². The van der Waals surface area contributed by atoms with Crippen LogP contribution in [0.2, 0.25) is 0 Å². The first-order valence-electron chi connectivity index (χ1n) is 6.43. The summed E-state index contributed by atoms with van der Waals surface area (Å²) in [5.74, 6) is -0.362. The molecule has 2 nitrogen and oxygen atoms in total. The molecule has 0 N–H and O–H groups in total. The maximum atomic E-state index is 13.8. The summed E-state index contributed by atoms with van der Waals surface area (Å²) in [4.78, 5) is 12.2. The van der Waals surface area contributed by atoms with Crippen molar-refractivity contribution in [2.45, 2.75) is 20.3 Å². The lowest BCUT2D eigenvalue weighted by Gasteiger charge is -2.07. The maximum absolute atomic E-state index is 13.8. The Morgan fingerprint density at radius 3 is 2.30 bits per heavy atom. The number of benzene rings is 2. The lowest BCUT2D eigenvalue weighted by atomic mass is 9.99. The summed E-state index contributed by atoms with van der Waals surface area (Å²) in [5, 5.41) is 0. The van der Waals surface area contributed by atoms with Crippen LogP contribution in [-0.4, -0.2) is 12.9 Å². The Morgan fingerprint density at radius 2 is 1.75 bits per heavy atom. The van der Waals surface area contributed by atoms with Gasteiger partial charge in [0.1, 0.15) is 11.6 Å². The molecule has 0 fully saturated rings. The van der Waals surface area contributed by atoms with Gasteiger partial charge in [0.05, 0.1) is 12.7 Å². The van der Waals surface area contributed by atoms with Crippen molar-refractivity contribution in [3.63, 3.8) is 0 Å². The predicted octanol–water partition coefficient (Wildman–Crippen LogP) is 3.88. The number of rotatable bonds is 4. The van der Waals surface area contributed by atoms with Crippen LogP contribution < -0.4 is 4.74 Å². The van der Waals surface area contributed by atoms with Gasteiger partial charge in [-0.15, -0.1) is 0 Å². The second-order valence-electron chi connectivity index (χ2n) is 4.94. The van der Waals surface area contributed by atoms with E-state index in [9.17, 15) is 9.18 Å². The molecule has 0 heterocycles. The SMILES string of the molecule is COc1ccc(C(=O)Cc2cc(C)cc(C)c2)c(F)c1. The van der Waals surface area contributed by atoms with Crippen LogP contribution in [0, 0.1) is 19.7 Å². The highest BCUT2D eigenvalue weighted by atomic mass is 19.1. The van der Waals surface area contributed by atoms with Crippen molar-refractivity contribution in [3.05, 3.63) is 64.5 Å². The van der Waals surface area contributed by atoms with Crippen LogP contribution in [0.5, 0.6) is 5.75 Å². The van der Waals surface area contributed by atoms with Crippen molar-refractivity contribution >= 4 is 5.78 Å². The van der Waals surface area contributed by atoms with Gasteiger partial charge in [-0.05, 0) is 31.5 Å². The van der Waals surface area contributed by atoms with Crippen LogP contribution in [0.4, 0.5) is 4.39 Å². The number of methoxy groups -OCH3 is 1. The molecule has 0 aliphatic heterocycles. The number of aryl methyl sites for hydroxylation is 2. The molecule has 0 bridgehead atoms. The van der Waals surface area contributed by atoms with Crippen LogP contribution >= 0.6 is 0 Å². The molecule has 0 saturated heterocycles. The molecular formula is C17H17FO2. The first-order valence-corrected chi connectivity index (χ1v) is 6.43. The highest BCUT2D eigenvalue weighted by Crippen LogP contribution is 2.19. The Labute approximate surface area is 118 Å². The second-order valence-corrected chi connectivity index (χ2v) is 4.94. The Hall–Kier alpha value is -2.16. The van der Waals surface area contributed by atoms with Crippen LogP contribution in [0.25, 0.3) is 0 Å². The predicted molar refractivity (Wildman–Crippen MR) is 76.9 cm³/mol. The zero-order valence-electron chi connectivity index (χ0n) is 11.9. The highest BCUT2D eigenvalue weighted by Gasteiger charge is 2.13. The van der Waals surface area contributed by atoms with Gasteiger partial charge >= 0.3 is 0 Å². The lowest BCUT2D eigenvalue weighted by molar-refractivity contribution is 0.0989. The molecule has 0 unspecified atom stereocenters. The maximum Gasteiger partial charge on any atom is 0.170 e. The first kappa shape index (κ1) is 14.3. The van der Waals surface area contributed by atoms with Gasteiger partial charge in [0.25, 0.3) is 0 Å². The minimum atomic E-state index is -0.543. The molecule has 2 aromatic carbocycles. The molecule has 104 valence electrons. The summed E-state index contributed by atoms with van der Waals surface area (Å²) in [5.41, 5.74) is 3.21. The summed E-state index contributed by atoms with van der Waals surface area (Å²) >= 11 is 0. The smallest absolute Gasteiger partial charge is 0.170 e. The third-order valence-corrected chi connectivity index (χ3v) is 3.12. The Balaban J connectivity index is 2.23. The Morgan fingerprint density at radius 1 is 1.10 bits per heavy atom. The third-order valence-electron chi connectivity index (χ3n) is 3.12. The normalized spacial score (nSPS) is 10.4. The fraction of sp³-hybridized carbons (Fsp3) is 0.235. The molecule has 2 aromatic rings. The van der Waals surface area contributed by atoms with E-state index in [1.807, 2.05) is 32.0 Å². The van der Waals surface area contributed by atoms with Gasteiger partial charge < -0.3 is 4.74 Å². The van der Waals surface area contributed by atoms with E-state index < -0.39 is 5.82 Å². The van der Waals surface area contributed by atoms with Crippen molar-refractivity contribution in [2.24, 2.45) is 0 Å². The summed E-state index contributed by atoms with van der Waals surface area (Å²) < 4.78 is 18.8. The minimum Gasteiger partial charge on any atom is -0.497 e. The van der Waals surface area contributed by atoms with E-state index in [-0.39, 0.29) is 17.8 Å². The number of ether oxygens (including phenoxy) is 1. The van der Waals surface area contributed by atoms with Crippen molar-refractivity contribution in [1.82, 2.24) is 0 Å². The van der Waals surface area contributed by atoms with Gasteiger partial charge in [-0.2, -0.15) is 0 Å². The Kier molecular flexibility index (Phi) is 4.18. The quantitative estimate of drug-likeness (QED) is 0.790. The van der Waals surface area contributed by atoms with E-state index >= 15 is 0 Å². The molecule has 20 heavy (non-hydrogen) atoms. The largest absolute Gasteiger partial charge is 0.497 e. The number of Topliss-reactive ketones (excluding diaryl/α,β-unsaturated/α-hetero) is 1. The Bertz CT molecular complexity index is 627. The molecule has 0 aromatic heterocycles. The van der Waals surface area contributed by atoms with Crippen LogP contribution in [0.1, 0.15) is 27.0 Å². The number of carbonyl (C=O) groups is 1. The van der Waals surface area contributed by atoms with Gasteiger partial charge in [-0.1, -0.05) is 29.3 Å². The van der Waals surface area contributed by atoms with Gasteiger partial charge in [-0.3, -0.25) is 4.79 Å². The molecule has 0 spiro atoms. The summed E-state index contributed by atoms with van der Waals surface area (Å²) in [7, 11) is 1.46. The highest BCUT2D eigenvalue weighted by molar-refractivity contribution is 5.97. The zero-order valence-corrected chi connectivity index (χ0v) is 11.9. The van der Waals surface area contributed by atoms with E-state index in [1.54, 1.807) is 6.07 Å². The van der Waals surface area contributed by atoms with E-state index in [1.165, 1.54) is 19.2 Å². The molecule has 0 amide bonds. The number of ketones is 1. The molecule has 0 radical (unpaired) electrons. The average molecular weight is 272 g/mol. The molecule has 3 heteroatoms. The van der Waals surface area contributed by atoms with Gasteiger partial charge in [-0.25, -0.2) is 4.39 Å². The summed E-state index contributed by atoms with van der Waals surface area (Å²) in [6.45, 7) is 3.96. The van der Waals surface area contributed by atoms with Gasteiger partial charge in [0, 0.05) is 12.5 Å². The number of hydrogen-bond donors (Lipinski definition) is 0. The number of halogens is 1. The fourth-order valence-electron chi connectivity index (χ4n) is 2.30. The molecule has 0 atom stereocenters. The summed E-state index contributed by atoms with van der Waals surface area (Å²) in [6, 6.07) is 10.2. The lowest BCUT2D eigenvalue weighted by Crippen LogP contribution is -2.06. The van der Waals surface area contributed by atoms with Gasteiger partial charge in [0.2, 0.25) is 0 Å². The molecule has 0 aliphatic carbocycles. The monoisotopic (exact) mass is 272 g/mol. The van der Waals surface area contributed by atoms with E-state index in [4.69, 9.17) is 4.74 Å². The number of carbonyl (C=O) groups excluding carboxylic acids is 1. The van der Waals surface area contributed by atoms with Crippen molar-refractivity contribution < 1.29 is 13.9 Å². The van der Waals surface area contributed by atoms with Gasteiger partial charge in [0.15, 0.2) is 5.78 Å². The van der Waals surface area contributed by atoms with Crippen LogP contribution in [-0.2, 0) is 6.42 Å². The van der Waals surface area contributed by atoms with E-state index in [0.29, 0.717) is 5.75 Å². The standard InChI is InChI=1S/C17H17FO2/c1-11-6-12(2)8-13(7-11)9-17(19)15-5-4-14(20-3)10-16(15)18/h4-8,10H,9H2,1-3H3. The topological polar surface area (TPSA) is 26.3 Å². The minimum absolute atomic E-state index is 0.102. The number of hydrogen-bond acceptors (Lipinski definition) is 2. The molecule has 0 aliphatic rings. The van der Waals surface area contributed by atoms with Crippen molar-refractivity contribution in [2.75, 3.05) is 7.11 Å².